The molecule has 0 radical (unpaired) electrons. The van der Waals surface area contributed by atoms with Crippen LogP contribution >= 0.6 is 0 Å². The number of hydrogen-bond donors (Lipinski definition) is 0. The number of nitrogens with zero attached hydrogens (tertiary/aromatic N) is 4. The van der Waals surface area contributed by atoms with Gasteiger partial charge in [0.25, 0.3) is 0 Å². The highest BCUT2D eigenvalue weighted by Gasteiger charge is 2.58. The number of hydrogen-bond acceptors (Lipinski definition) is 4. The molecule has 0 bridgehead atoms. The highest BCUT2D eigenvalue weighted by atomic mass is 15.7. The summed E-state index contributed by atoms with van der Waals surface area (Å²) in [6.07, 6.45) is 5.77. The second kappa shape index (κ2) is 3.23. The van der Waals surface area contributed by atoms with Crippen LogP contribution in [0, 0.1) is 5.92 Å². The lowest BCUT2D eigenvalue weighted by Crippen LogP contribution is -2.67. The third-order valence-corrected chi connectivity index (χ3v) is 5.71. The third kappa shape index (κ3) is 1.13. The summed E-state index contributed by atoms with van der Waals surface area (Å²) in [6, 6.07) is 0.839. The van der Waals surface area contributed by atoms with E-state index in [0.29, 0.717) is 6.29 Å². The Morgan fingerprint density at radius 3 is 2.47 bits per heavy atom. The zero-order valence-corrected chi connectivity index (χ0v) is 10.5. The van der Waals surface area contributed by atoms with Gasteiger partial charge in [0.05, 0.1) is 6.17 Å². The Hall–Kier alpha value is -0.160. The molecule has 94 valence electrons. The molecule has 5 aliphatic rings. The molecule has 4 unspecified atom stereocenters. The molecule has 0 amide bonds. The summed E-state index contributed by atoms with van der Waals surface area (Å²) >= 11 is 0. The van der Waals surface area contributed by atoms with Crippen LogP contribution in [0.4, 0.5) is 0 Å². The zero-order chi connectivity index (χ0) is 11.0. The molecule has 0 aromatic heterocycles. The van der Waals surface area contributed by atoms with E-state index in [0.717, 1.165) is 18.1 Å². The van der Waals surface area contributed by atoms with E-state index in [9.17, 15) is 0 Å². The molecule has 5 fully saturated rings. The van der Waals surface area contributed by atoms with Crippen molar-refractivity contribution in [3.05, 3.63) is 0 Å². The van der Waals surface area contributed by atoms with Crippen LogP contribution in [0.2, 0.25) is 0 Å². The van der Waals surface area contributed by atoms with Gasteiger partial charge in [-0.05, 0) is 25.8 Å². The molecule has 4 heteroatoms. The molecule has 0 aromatic carbocycles. The maximum atomic E-state index is 2.88. The van der Waals surface area contributed by atoms with E-state index in [1.165, 1.54) is 58.5 Å². The summed E-state index contributed by atoms with van der Waals surface area (Å²) in [4.78, 5) is 11.2. The van der Waals surface area contributed by atoms with Crippen molar-refractivity contribution < 1.29 is 0 Å². The summed E-state index contributed by atoms with van der Waals surface area (Å²) in [5.41, 5.74) is 0. The van der Waals surface area contributed by atoms with Crippen molar-refractivity contribution in [1.29, 1.82) is 0 Å². The van der Waals surface area contributed by atoms with Gasteiger partial charge in [-0.2, -0.15) is 0 Å². The van der Waals surface area contributed by atoms with Crippen LogP contribution in [0.15, 0.2) is 0 Å². The van der Waals surface area contributed by atoms with Crippen molar-refractivity contribution in [2.45, 2.75) is 37.8 Å². The highest BCUT2D eigenvalue weighted by Crippen LogP contribution is 2.44. The zero-order valence-electron chi connectivity index (χ0n) is 10.5. The molecule has 0 spiro atoms. The number of piperidine rings is 1. The first-order valence-electron chi connectivity index (χ1n) is 7.41. The van der Waals surface area contributed by atoms with Crippen LogP contribution in [0.25, 0.3) is 0 Å². The van der Waals surface area contributed by atoms with Crippen molar-refractivity contribution in [1.82, 2.24) is 19.6 Å². The van der Waals surface area contributed by atoms with Gasteiger partial charge >= 0.3 is 0 Å². The Balaban J connectivity index is 1.58. The van der Waals surface area contributed by atoms with Gasteiger partial charge in [-0.1, -0.05) is 0 Å². The van der Waals surface area contributed by atoms with E-state index in [2.05, 4.69) is 19.6 Å². The van der Waals surface area contributed by atoms with Crippen molar-refractivity contribution in [3.8, 4) is 0 Å². The Labute approximate surface area is 103 Å². The van der Waals surface area contributed by atoms with E-state index < -0.39 is 0 Å². The van der Waals surface area contributed by atoms with E-state index >= 15 is 0 Å². The van der Waals surface area contributed by atoms with E-state index in [1.54, 1.807) is 0 Å². The van der Waals surface area contributed by atoms with E-state index in [4.69, 9.17) is 0 Å². The Morgan fingerprint density at radius 2 is 1.53 bits per heavy atom. The van der Waals surface area contributed by atoms with Crippen molar-refractivity contribution in [2.75, 3.05) is 39.3 Å². The molecule has 0 N–H and O–H groups in total. The maximum absolute atomic E-state index is 2.88. The fourth-order valence-corrected chi connectivity index (χ4v) is 5.27. The standard InChI is InChI=1S/C13H22N4/c1-3-10-7-15-5-2-6-16-9-11-8-14(4-1)12(10)17(11)13(15)16/h10-13H,1-9H2. The molecule has 5 heterocycles. The molecule has 0 aromatic rings. The second-order valence-corrected chi connectivity index (χ2v) is 6.60. The maximum Gasteiger partial charge on any atom is 0.121 e. The molecule has 17 heavy (non-hydrogen) atoms. The minimum Gasteiger partial charge on any atom is -0.286 e. The summed E-state index contributed by atoms with van der Waals surface area (Å²) < 4.78 is 0. The predicted molar refractivity (Wildman–Crippen MR) is 65.3 cm³/mol. The molecule has 0 saturated carbocycles. The molecule has 4 nitrogen and oxygen atoms in total. The van der Waals surface area contributed by atoms with Gasteiger partial charge in [-0.3, -0.25) is 19.6 Å². The Kier molecular flexibility index (Phi) is 1.85. The molecular formula is C13H22N4. The van der Waals surface area contributed by atoms with Crippen LogP contribution in [-0.4, -0.2) is 77.4 Å². The smallest absolute Gasteiger partial charge is 0.121 e. The monoisotopic (exact) mass is 234 g/mol. The first kappa shape index (κ1) is 9.73. The van der Waals surface area contributed by atoms with Crippen molar-refractivity contribution in [3.63, 3.8) is 0 Å². The average Bonchev–Trinajstić information content (AvgIpc) is 2.86. The van der Waals surface area contributed by atoms with Gasteiger partial charge in [-0.25, -0.2) is 0 Å². The van der Waals surface area contributed by atoms with Gasteiger partial charge in [0, 0.05) is 44.7 Å². The van der Waals surface area contributed by atoms with Gasteiger partial charge in [0.1, 0.15) is 6.29 Å². The van der Waals surface area contributed by atoms with Crippen LogP contribution in [-0.2, 0) is 0 Å². The van der Waals surface area contributed by atoms with Crippen LogP contribution < -0.4 is 0 Å². The predicted octanol–water partition coefficient (Wildman–Crippen LogP) is 0.0272. The quantitative estimate of drug-likeness (QED) is 0.586. The van der Waals surface area contributed by atoms with Crippen molar-refractivity contribution in [2.24, 2.45) is 5.92 Å². The summed E-state index contributed by atoms with van der Waals surface area (Å²) in [7, 11) is 0. The fraction of sp³-hybridized carbons (Fsp3) is 1.00. The molecule has 5 aliphatic heterocycles. The molecule has 5 saturated heterocycles. The first-order chi connectivity index (χ1) is 8.42. The lowest BCUT2D eigenvalue weighted by atomic mass is 9.91. The van der Waals surface area contributed by atoms with Gasteiger partial charge in [0.15, 0.2) is 0 Å². The minimum absolute atomic E-state index is 0.679. The number of rotatable bonds is 0. The molecule has 0 aliphatic carbocycles. The Bertz CT molecular complexity index is 316. The van der Waals surface area contributed by atoms with Gasteiger partial charge < -0.3 is 0 Å². The van der Waals surface area contributed by atoms with Crippen LogP contribution in [0.5, 0.6) is 0 Å². The summed E-state index contributed by atoms with van der Waals surface area (Å²) in [5, 5.41) is 0. The van der Waals surface area contributed by atoms with Crippen LogP contribution in [0.3, 0.4) is 0 Å². The van der Waals surface area contributed by atoms with Gasteiger partial charge in [-0.15, -0.1) is 0 Å². The highest BCUT2D eigenvalue weighted by molar-refractivity contribution is 5.07. The summed E-state index contributed by atoms with van der Waals surface area (Å²) in [5.74, 6) is 0.933. The topological polar surface area (TPSA) is 13.0 Å². The minimum atomic E-state index is 0.679. The van der Waals surface area contributed by atoms with E-state index in [-0.39, 0.29) is 0 Å². The van der Waals surface area contributed by atoms with Gasteiger partial charge in [0.2, 0.25) is 0 Å². The van der Waals surface area contributed by atoms with Crippen LogP contribution in [0.1, 0.15) is 19.3 Å². The summed E-state index contributed by atoms with van der Waals surface area (Å²) in [6.45, 7) is 8.09. The first-order valence-corrected chi connectivity index (χ1v) is 7.41. The normalized spacial score (nSPS) is 50.8. The fourth-order valence-electron chi connectivity index (χ4n) is 5.27. The molecule has 5 rings (SSSR count). The largest absolute Gasteiger partial charge is 0.286 e. The lowest BCUT2D eigenvalue weighted by Gasteiger charge is -2.54. The Morgan fingerprint density at radius 1 is 0.765 bits per heavy atom. The van der Waals surface area contributed by atoms with E-state index in [1.807, 2.05) is 0 Å². The second-order valence-electron chi connectivity index (χ2n) is 6.60. The molecule has 4 atom stereocenters. The van der Waals surface area contributed by atoms with Crippen molar-refractivity contribution >= 4 is 0 Å². The average molecular weight is 234 g/mol. The third-order valence-electron chi connectivity index (χ3n) is 5.71. The SMILES string of the molecule is C1CC2CN3CCCN4CC5CN(C1)C2N5C34. The lowest BCUT2D eigenvalue weighted by molar-refractivity contribution is -0.145. The molecular weight excluding hydrogens is 212 g/mol.